The van der Waals surface area contributed by atoms with Crippen molar-refractivity contribution in [1.29, 1.82) is 0 Å². The Morgan fingerprint density at radius 1 is 1.26 bits per heavy atom. The van der Waals surface area contributed by atoms with E-state index in [4.69, 9.17) is 5.11 Å². The second-order valence-electron chi connectivity index (χ2n) is 5.32. The van der Waals surface area contributed by atoms with Crippen molar-refractivity contribution in [1.82, 2.24) is 4.90 Å². The molecule has 0 saturated carbocycles. The number of rotatable bonds is 4. The molecule has 2 rings (SSSR count). The number of carbonyl (C=O) groups is 1. The molecule has 0 atom stereocenters. The van der Waals surface area contributed by atoms with E-state index < -0.39 is 5.97 Å². The number of hydrogen-bond donors (Lipinski definition) is 1. The highest BCUT2D eigenvalue weighted by Crippen LogP contribution is 2.24. The molecule has 1 saturated heterocycles. The third-order valence-corrected chi connectivity index (χ3v) is 3.69. The fourth-order valence-corrected chi connectivity index (χ4v) is 2.51. The third-order valence-electron chi connectivity index (χ3n) is 3.69. The van der Waals surface area contributed by atoms with Gasteiger partial charge in [-0.3, -0.25) is 4.79 Å². The number of carboxylic acids is 1. The van der Waals surface area contributed by atoms with Gasteiger partial charge < -0.3 is 14.9 Å². The van der Waals surface area contributed by atoms with Crippen LogP contribution in [0.25, 0.3) is 0 Å². The Bertz CT molecular complexity index is 451. The van der Waals surface area contributed by atoms with Crippen molar-refractivity contribution in [3.8, 4) is 0 Å². The molecule has 19 heavy (non-hydrogen) atoms. The van der Waals surface area contributed by atoms with Crippen LogP contribution < -0.4 is 4.90 Å². The normalized spacial score (nSPS) is 16.6. The van der Waals surface area contributed by atoms with Gasteiger partial charge in [0.2, 0.25) is 0 Å². The lowest BCUT2D eigenvalue weighted by Gasteiger charge is -2.35. The molecule has 4 nitrogen and oxygen atoms in total. The lowest BCUT2D eigenvalue weighted by Crippen LogP contribution is -2.44. The van der Waals surface area contributed by atoms with Gasteiger partial charge in [-0.05, 0) is 32.0 Å². The first kappa shape index (κ1) is 13.9. The fraction of sp³-hybridized carbons (Fsp3) is 0.533. The Morgan fingerprint density at radius 2 is 1.95 bits per heavy atom. The molecule has 0 aliphatic carbocycles. The number of carboxylic acid groups (broad SMARTS) is 1. The van der Waals surface area contributed by atoms with Gasteiger partial charge in [0.25, 0.3) is 0 Å². The molecular weight excluding hydrogens is 240 g/mol. The number of aryl methyl sites for hydroxylation is 2. The van der Waals surface area contributed by atoms with Gasteiger partial charge in [-0.2, -0.15) is 0 Å². The summed E-state index contributed by atoms with van der Waals surface area (Å²) in [5.74, 6) is -0.731. The lowest BCUT2D eigenvalue weighted by molar-refractivity contribution is -0.136. The molecule has 0 bridgehead atoms. The maximum Gasteiger partial charge on any atom is 0.303 e. The SMILES string of the molecule is Cc1ccc(N2CCN(C)CC2)c(CCC(=O)O)c1. The minimum Gasteiger partial charge on any atom is -0.481 e. The quantitative estimate of drug-likeness (QED) is 0.898. The molecule has 1 aromatic carbocycles. The van der Waals surface area contributed by atoms with Crippen LogP contribution in [0.2, 0.25) is 0 Å². The van der Waals surface area contributed by atoms with Crippen LogP contribution in [0.1, 0.15) is 17.5 Å². The van der Waals surface area contributed by atoms with Gasteiger partial charge in [-0.15, -0.1) is 0 Å². The predicted molar refractivity (Wildman–Crippen MR) is 76.8 cm³/mol. The topological polar surface area (TPSA) is 43.8 Å². The zero-order valence-corrected chi connectivity index (χ0v) is 11.7. The zero-order chi connectivity index (χ0) is 13.8. The molecule has 0 aromatic heterocycles. The highest BCUT2D eigenvalue weighted by Gasteiger charge is 2.17. The minimum atomic E-state index is -0.731. The summed E-state index contributed by atoms with van der Waals surface area (Å²) in [4.78, 5) is 15.5. The number of benzene rings is 1. The van der Waals surface area contributed by atoms with Crippen molar-refractivity contribution >= 4 is 11.7 Å². The second kappa shape index (κ2) is 6.06. The van der Waals surface area contributed by atoms with Gasteiger partial charge in [0.05, 0.1) is 0 Å². The highest BCUT2D eigenvalue weighted by molar-refractivity contribution is 5.68. The Hall–Kier alpha value is -1.55. The molecule has 0 unspecified atom stereocenters. The molecule has 1 heterocycles. The van der Waals surface area contributed by atoms with Crippen LogP contribution in [0.4, 0.5) is 5.69 Å². The minimum absolute atomic E-state index is 0.199. The maximum absolute atomic E-state index is 10.8. The van der Waals surface area contributed by atoms with Gasteiger partial charge in [0, 0.05) is 38.3 Å². The van der Waals surface area contributed by atoms with E-state index in [1.807, 2.05) is 0 Å². The van der Waals surface area contributed by atoms with Crippen LogP contribution in [-0.4, -0.2) is 49.2 Å². The first-order valence-corrected chi connectivity index (χ1v) is 6.81. The molecule has 1 aliphatic rings. The van der Waals surface area contributed by atoms with Gasteiger partial charge >= 0.3 is 5.97 Å². The summed E-state index contributed by atoms with van der Waals surface area (Å²) in [5, 5.41) is 8.86. The van der Waals surface area contributed by atoms with E-state index in [1.54, 1.807) is 0 Å². The van der Waals surface area contributed by atoms with Crippen molar-refractivity contribution in [3.05, 3.63) is 29.3 Å². The van der Waals surface area contributed by atoms with Gasteiger partial charge in [0.15, 0.2) is 0 Å². The number of likely N-dealkylation sites (N-methyl/N-ethyl adjacent to an activating group) is 1. The van der Waals surface area contributed by atoms with E-state index in [2.05, 4.69) is 42.0 Å². The zero-order valence-electron chi connectivity index (χ0n) is 11.7. The number of nitrogens with zero attached hydrogens (tertiary/aromatic N) is 2. The third kappa shape index (κ3) is 3.70. The second-order valence-corrected chi connectivity index (χ2v) is 5.32. The number of piperazine rings is 1. The molecule has 0 amide bonds. The first-order valence-electron chi connectivity index (χ1n) is 6.81. The summed E-state index contributed by atoms with van der Waals surface area (Å²) in [6.07, 6.45) is 0.808. The summed E-state index contributed by atoms with van der Waals surface area (Å²) in [6, 6.07) is 6.37. The maximum atomic E-state index is 10.8. The Balaban J connectivity index is 2.16. The molecule has 4 heteroatoms. The van der Waals surface area contributed by atoms with Gasteiger partial charge in [0.1, 0.15) is 0 Å². The van der Waals surface area contributed by atoms with E-state index in [0.29, 0.717) is 6.42 Å². The smallest absolute Gasteiger partial charge is 0.303 e. The lowest BCUT2D eigenvalue weighted by atomic mass is 10.0. The molecular formula is C15H22N2O2. The van der Waals surface area contributed by atoms with Crippen molar-refractivity contribution in [3.63, 3.8) is 0 Å². The Labute approximate surface area is 114 Å². The van der Waals surface area contributed by atoms with Crippen molar-refractivity contribution in [2.75, 3.05) is 38.1 Å². The summed E-state index contributed by atoms with van der Waals surface area (Å²) >= 11 is 0. The summed E-state index contributed by atoms with van der Waals surface area (Å²) in [5.41, 5.74) is 3.56. The summed E-state index contributed by atoms with van der Waals surface area (Å²) in [7, 11) is 2.14. The average Bonchev–Trinajstić information content (AvgIpc) is 2.38. The molecule has 1 aliphatic heterocycles. The van der Waals surface area contributed by atoms with Gasteiger partial charge in [-0.1, -0.05) is 17.7 Å². The Morgan fingerprint density at radius 3 is 2.58 bits per heavy atom. The van der Waals surface area contributed by atoms with Crippen molar-refractivity contribution in [2.45, 2.75) is 19.8 Å². The number of anilines is 1. The molecule has 1 fully saturated rings. The number of hydrogen-bond acceptors (Lipinski definition) is 3. The number of aliphatic carboxylic acids is 1. The largest absolute Gasteiger partial charge is 0.481 e. The van der Waals surface area contributed by atoms with E-state index in [-0.39, 0.29) is 6.42 Å². The van der Waals surface area contributed by atoms with E-state index >= 15 is 0 Å². The average molecular weight is 262 g/mol. The standard InChI is InChI=1S/C15H22N2O2/c1-12-3-5-14(13(11-12)4-6-15(18)19)17-9-7-16(2)8-10-17/h3,5,11H,4,6-10H2,1-2H3,(H,18,19). The molecule has 104 valence electrons. The molecule has 1 N–H and O–H groups in total. The summed E-state index contributed by atoms with van der Waals surface area (Å²) in [6.45, 7) is 6.20. The van der Waals surface area contributed by atoms with Crippen LogP contribution in [-0.2, 0) is 11.2 Å². The van der Waals surface area contributed by atoms with Crippen molar-refractivity contribution < 1.29 is 9.90 Å². The summed E-state index contributed by atoms with van der Waals surface area (Å²) < 4.78 is 0. The van der Waals surface area contributed by atoms with Crippen molar-refractivity contribution in [2.24, 2.45) is 0 Å². The van der Waals surface area contributed by atoms with Crippen LogP contribution >= 0.6 is 0 Å². The predicted octanol–water partition coefficient (Wildman–Crippen LogP) is 1.76. The van der Waals surface area contributed by atoms with Gasteiger partial charge in [-0.25, -0.2) is 0 Å². The highest BCUT2D eigenvalue weighted by atomic mass is 16.4. The van der Waals surface area contributed by atoms with Crippen LogP contribution in [0.3, 0.4) is 0 Å². The monoisotopic (exact) mass is 262 g/mol. The van der Waals surface area contributed by atoms with E-state index in [9.17, 15) is 4.79 Å². The fourth-order valence-electron chi connectivity index (χ4n) is 2.51. The van der Waals surface area contributed by atoms with Crippen LogP contribution in [0.5, 0.6) is 0 Å². The van der Waals surface area contributed by atoms with E-state index in [0.717, 1.165) is 31.7 Å². The molecule has 0 radical (unpaired) electrons. The Kier molecular flexibility index (Phi) is 4.43. The van der Waals surface area contributed by atoms with Crippen LogP contribution in [0, 0.1) is 6.92 Å². The molecule has 0 spiro atoms. The van der Waals surface area contributed by atoms with E-state index in [1.165, 1.54) is 11.3 Å². The molecule has 1 aromatic rings. The van der Waals surface area contributed by atoms with Crippen LogP contribution in [0.15, 0.2) is 18.2 Å². The first-order chi connectivity index (χ1) is 9.06.